The molecule has 41 heavy (non-hydrogen) atoms. The minimum absolute atomic E-state index is 0.0100. The molecule has 0 saturated heterocycles. The number of ether oxygens (including phenoxy) is 1. The second kappa shape index (κ2) is 8.66. The number of nitrogens with zero attached hydrogens (tertiary/aromatic N) is 4. The van der Waals surface area contributed by atoms with Crippen LogP contribution in [0.15, 0.2) is 91.0 Å². The van der Waals surface area contributed by atoms with E-state index in [4.69, 9.17) is 4.74 Å². The van der Waals surface area contributed by atoms with E-state index < -0.39 is 17.6 Å². The van der Waals surface area contributed by atoms with E-state index in [0.717, 1.165) is 24.7 Å². The van der Waals surface area contributed by atoms with Crippen LogP contribution in [0.25, 0.3) is 0 Å². The van der Waals surface area contributed by atoms with Gasteiger partial charge in [-0.15, -0.1) is 0 Å². The van der Waals surface area contributed by atoms with E-state index in [1.807, 2.05) is 0 Å². The predicted octanol–water partition coefficient (Wildman–Crippen LogP) is 7.41. The summed E-state index contributed by atoms with van der Waals surface area (Å²) in [5.74, 6) is 1.78. The van der Waals surface area contributed by atoms with Crippen molar-refractivity contribution in [2.75, 3.05) is 26.3 Å². The van der Waals surface area contributed by atoms with Crippen LogP contribution in [-0.2, 0) is 35.1 Å². The molecule has 4 aromatic rings. The van der Waals surface area contributed by atoms with E-state index >= 15 is 0 Å². The number of fused-ring (bicyclic) bond motifs is 10. The third kappa shape index (κ3) is 3.78. The summed E-state index contributed by atoms with van der Waals surface area (Å²) >= 11 is -0.538. The van der Waals surface area contributed by atoms with E-state index in [0.29, 0.717) is 0 Å². The Morgan fingerprint density at radius 3 is 2.07 bits per heavy atom. The zero-order chi connectivity index (χ0) is 28.1. The number of hydrogen-bond acceptors (Lipinski definition) is 5. The molecule has 0 fully saturated rings. The van der Waals surface area contributed by atoms with Gasteiger partial charge in [-0.2, -0.15) is 0 Å². The van der Waals surface area contributed by atoms with Crippen molar-refractivity contribution >= 4 is 31.0 Å². The van der Waals surface area contributed by atoms with Gasteiger partial charge in [-0.3, -0.25) is 0 Å². The van der Waals surface area contributed by atoms with Crippen molar-refractivity contribution < 1.29 is 22.4 Å². The number of hydrogen-bond donors (Lipinski definition) is 0. The van der Waals surface area contributed by atoms with Crippen LogP contribution in [0.5, 0.6) is 11.5 Å². The van der Waals surface area contributed by atoms with E-state index in [1.165, 1.54) is 47.7 Å². The molecule has 0 saturated carbocycles. The summed E-state index contributed by atoms with van der Waals surface area (Å²) in [6, 6.07) is 33.4. The van der Waals surface area contributed by atoms with Crippen LogP contribution in [0.2, 0.25) is 0 Å². The Labute approximate surface area is 250 Å². The summed E-state index contributed by atoms with van der Waals surface area (Å²) in [7, 11) is 0. The Kier molecular flexibility index (Phi) is 5.29. The molecule has 4 aliphatic heterocycles. The molecular formula is C35H34N4OPt. The van der Waals surface area contributed by atoms with Gasteiger partial charge in [-0.25, -0.2) is 0 Å². The van der Waals surface area contributed by atoms with Gasteiger partial charge in [0, 0.05) is 0 Å². The summed E-state index contributed by atoms with van der Waals surface area (Å²) in [5.41, 5.74) is 8.66. The molecule has 0 spiro atoms. The van der Waals surface area contributed by atoms with Gasteiger partial charge < -0.3 is 0 Å². The zero-order valence-electron chi connectivity index (χ0n) is 24.1. The maximum atomic E-state index is 6.66. The third-order valence-corrected chi connectivity index (χ3v) is 12.0. The predicted molar refractivity (Wildman–Crippen MR) is 166 cm³/mol. The molecule has 5 nitrogen and oxygen atoms in total. The van der Waals surface area contributed by atoms with Crippen LogP contribution in [0, 0.1) is 0 Å². The second-order valence-electron chi connectivity index (χ2n) is 12.8. The molecule has 0 aliphatic carbocycles. The van der Waals surface area contributed by atoms with E-state index in [9.17, 15) is 0 Å². The fraction of sp³-hybridized carbons (Fsp3) is 0.257. The fourth-order valence-electron chi connectivity index (χ4n) is 6.32. The van der Waals surface area contributed by atoms with Crippen molar-refractivity contribution in [3.8, 4) is 11.5 Å². The average Bonchev–Trinajstić information content (AvgIpc) is 3.44. The summed E-state index contributed by atoms with van der Waals surface area (Å²) in [4.78, 5) is 10.3. The molecule has 6 heteroatoms. The van der Waals surface area contributed by atoms with Gasteiger partial charge in [-0.05, 0) is 0 Å². The van der Waals surface area contributed by atoms with Crippen molar-refractivity contribution in [1.29, 1.82) is 0 Å². The normalized spacial score (nSPS) is 18.4. The Morgan fingerprint density at radius 1 is 0.683 bits per heavy atom. The van der Waals surface area contributed by atoms with Crippen LogP contribution >= 0.6 is 0 Å². The van der Waals surface area contributed by atoms with Crippen molar-refractivity contribution in [3.63, 3.8) is 0 Å². The van der Waals surface area contributed by atoms with Crippen LogP contribution in [0.3, 0.4) is 0 Å². The second-order valence-corrected chi connectivity index (χ2v) is 15.4. The van der Waals surface area contributed by atoms with Crippen molar-refractivity contribution in [2.24, 2.45) is 0 Å². The van der Waals surface area contributed by atoms with Crippen LogP contribution in [0.4, 0.5) is 22.7 Å². The van der Waals surface area contributed by atoms with Gasteiger partial charge >= 0.3 is 251 Å². The summed E-state index contributed by atoms with van der Waals surface area (Å²) < 4.78 is 9.54. The molecular weight excluding hydrogens is 687 g/mol. The molecule has 6 bridgehead atoms. The van der Waals surface area contributed by atoms with E-state index in [2.05, 4.69) is 145 Å². The molecule has 4 aromatic carbocycles. The van der Waals surface area contributed by atoms with Gasteiger partial charge in [0.1, 0.15) is 0 Å². The van der Waals surface area contributed by atoms with Gasteiger partial charge in [0.25, 0.3) is 0 Å². The van der Waals surface area contributed by atoms with Crippen LogP contribution in [0.1, 0.15) is 51.3 Å². The average molecular weight is 722 g/mol. The first-order chi connectivity index (χ1) is 19.7. The Hall–Kier alpha value is -3.69. The SMILES string of the molecule is CC(C)(C)c1cc2cc(c1)C(C)(C)N1[C]3=[Pt]=[C]4N(Cc5cccc(c5)O2)c2ccccc2N4CN3c2ccccc21. The molecule has 8 rings (SSSR count). The summed E-state index contributed by atoms with van der Waals surface area (Å²) in [6.45, 7) is 13.2. The topological polar surface area (TPSA) is 22.2 Å². The number of rotatable bonds is 0. The molecule has 210 valence electrons. The third-order valence-electron chi connectivity index (χ3n) is 8.60. The molecule has 4 heterocycles. The maximum absolute atomic E-state index is 6.66. The molecule has 0 atom stereocenters. The van der Waals surface area contributed by atoms with Gasteiger partial charge in [0.2, 0.25) is 0 Å². The molecule has 4 aliphatic rings. The summed E-state index contributed by atoms with van der Waals surface area (Å²) in [5, 5.41) is 0. The quantitative estimate of drug-likeness (QED) is 0.188. The summed E-state index contributed by atoms with van der Waals surface area (Å²) in [6.07, 6.45) is 0. The Balaban J connectivity index is 1.44. The molecule has 0 aromatic heterocycles. The van der Waals surface area contributed by atoms with Crippen molar-refractivity contribution in [1.82, 2.24) is 0 Å². The van der Waals surface area contributed by atoms with E-state index in [-0.39, 0.29) is 11.0 Å². The molecule has 0 unspecified atom stereocenters. The first-order valence-electron chi connectivity index (χ1n) is 14.2. The van der Waals surface area contributed by atoms with Gasteiger partial charge in [0.05, 0.1) is 0 Å². The van der Waals surface area contributed by atoms with Gasteiger partial charge in [0.15, 0.2) is 0 Å². The minimum atomic E-state index is -0.538. The van der Waals surface area contributed by atoms with Crippen LogP contribution < -0.4 is 24.3 Å². The first kappa shape index (κ1) is 25.1. The first-order valence-corrected chi connectivity index (χ1v) is 16.5. The fourth-order valence-corrected chi connectivity index (χ4v) is 10.2. The van der Waals surface area contributed by atoms with E-state index in [1.54, 1.807) is 0 Å². The zero-order valence-corrected chi connectivity index (χ0v) is 26.4. The van der Waals surface area contributed by atoms with Gasteiger partial charge in [-0.1, -0.05) is 0 Å². The number of benzene rings is 4. The Bertz CT molecular complexity index is 1810. The standard InChI is InChI=1S/C35H34N4O.Pt/c1-34(2,3)26-18-27-20-29(19-26)40-28-12-10-11-25(17-28)21-36-22-37(31-14-7-6-13-30(31)36)23-38-24-39(35(27,4)5)33-16-9-8-15-32(33)38;/h6-20H,21,23H2,1-5H3;. The number of anilines is 4. The van der Waals surface area contributed by atoms with Crippen molar-refractivity contribution in [2.45, 2.75) is 52.1 Å². The van der Waals surface area contributed by atoms with Crippen LogP contribution in [-0.4, -0.2) is 15.0 Å². The number of para-hydroxylation sites is 4. The Morgan fingerprint density at radius 2 is 1.34 bits per heavy atom. The monoisotopic (exact) mass is 721 g/mol. The van der Waals surface area contributed by atoms with Crippen molar-refractivity contribution in [3.05, 3.63) is 108 Å². The molecule has 0 N–H and O–H groups in total. The molecule has 0 radical (unpaired) electrons. The molecule has 0 amide bonds.